The third-order valence-corrected chi connectivity index (χ3v) is 3.99. The summed E-state index contributed by atoms with van der Waals surface area (Å²) in [6.07, 6.45) is 0.260. The van der Waals surface area contributed by atoms with Crippen LogP contribution in [0.1, 0.15) is 11.1 Å². The first kappa shape index (κ1) is 13.1. The van der Waals surface area contributed by atoms with Crippen molar-refractivity contribution in [2.75, 3.05) is 13.4 Å². The van der Waals surface area contributed by atoms with Crippen LogP contribution in [0, 0.1) is 0 Å². The highest BCUT2D eigenvalue weighted by atomic mass is 16.7. The number of phenolic OH excluding ortho intramolecular Hbond substituents is 2. The zero-order valence-corrected chi connectivity index (χ0v) is 11.6. The smallest absolute Gasteiger partial charge is 0.231 e. The van der Waals surface area contributed by atoms with Gasteiger partial charge in [0.05, 0.1) is 0 Å². The lowest BCUT2D eigenvalue weighted by molar-refractivity contribution is -0.0234. The summed E-state index contributed by atoms with van der Waals surface area (Å²) in [6.45, 7) is 0.0614. The first-order chi connectivity index (χ1) is 10.5. The van der Waals surface area contributed by atoms with E-state index in [1.165, 1.54) is 18.2 Å². The van der Waals surface area contributed by atoms with Crippen molar-refractivity contribution in [3.8, 4) is 28.7 Å². The van der Waals surface area contributed by atoms with Gasteiger partial charge in [0.2, 0.25) is 6.79 Å². The molecule has 2 aromatic carbocycles. The molecule has 0 saturated carbocycles. The topological polar surface area (TPSA) is 88.4 Å². The van der Waals surface area contributed by atoms with Gasteiger partial charge >= 0.3 is 0 Å². The molecule has 2 aliphatic rings. The van der Waals surface area contributed by atoms with Gasteiger partial charge in [0, 0.05) is 24.1 Å². The monoisotopic (exact) mass is 302 g/mol. The van der Waals surface area contributed by atoms with Gasteiger partial charge in [-0.1, -0.05) is 6.07 Å². The number of fused-ring (bicyclic) bond motifs is 2. The quantitative estimate of drug-likeness (QED) is 0.742. The number of aromatic hydroxyl groups is 2. The zero-order valence-electron chi connectivity index (χ0n) is 11.6. The van der Waals surface area contributed by atoms with Crippen molar-refractivity contribution >= 4 is 0 Å². The second-order valence-corrected chi connectivity index (χ2v) is 5.51. The molecule has 3 N–H and O–H groups in total. The van der Waals surface area contributed by atoms with Crippen LogP contribution in [0.5, 0.6) is 28.7 Å². The summed E-state index contributed by atoms with van der Waals surface area (Å²) in [7, 11) is 0. The molecule has 0 fully saturated rings. The fourth-order valence-electron chi connectivity index (χ4n) is 2.86. The van der Waals surface area contributed by atoms with Crippen LogP contribution >= 0.6 is 0 Å². The molecule has 0 radical (unpaired) electrons. The fourth-order valence-corrected chi connectivity index (χ4v) is 2.86. The molecule has 0 unspecified atom stereocenters. The van der Waals surface area contributed by atoms with Gasteiger partial charge in [0.15, 0.2) is 11.5 Å². The Bertz CT molecular complexity index is 757. The summed E-state index contributed by atoms with van der Waals surface area (Å²) in [5, 5.41) is 30.6. The zero-order chi connectivity index (χ0) is 15.3. The van der Waals surface area contributed by atoms with E-state index in [1.807, 2.05) is 0 Å². The van der Waals surface area contributed by atoms with Crippen molar-refractivity contribution in [3.05, 3.63) is 41.5 Å². The molecular formula is C16H14O6. The van der Waals surface area contributed by atoms with Gasteiger partial charge in [-0.15, -0.1) is 0 Å². The van der Waals surface area contributed by atoms with Crippen LogP contribution in [0.3, 0.4) is 0 Å². The first-order valence-electron chi connectivity index (χ1n) is 6.85. The number of rotatable bonds is 1. The van der Waals surface area contributed by atoms with Crippen LogP contribution < -0.4 is 14.2 Å². The standard InChI is InChI=1S/C16H14O6/c17-10-2-1-9-6-16(19,7-20-13(9)3-10)11-4-14-15(5-12(11)18)22-8-21-14/h1-5,17-19H,6-8H2/t16-/m0/s1. The number of ether oxygens (including phenoxy) is 3. The summed E-state index contributed by atoms with van der Waals surface area (Å²) in [4.78, 5) is 0. The maximum absolute atomic E-state index is 10.9. The van der Waals surface area contributed by atoms with E-state index in [0.717, 1.165) is 5.56 Å². The number of phenols is 2. The van der Waals surface area contributed by atoms with E-state index in [2.05, 4.69) is 0 Å². The first-order valence-corrected chi connectivity index (χ1v) is 6.85. The summed E-state index contributed by atoms with van der Waals surface area (Å²) in [6, 6.07) is 7.75. The Balaban J connectivity index is 1.75. The maximum atomic E-state index is 10.9. The molecule has 0 aliphatic carbocycles. The molecule has 6 nitrogen and oxygen atoms in total. The highest BCUT2D eigenvalue weighted by Gasteiger charge is 2.39. The lowest BCUT2D eigenvalue weighted by Crippen LogP contribution is -2.38. The largest absolute Gasteiger partial charge is 0.508 e. The van der Waals surface area contributed by atoms with Gasteiger partial charge in [-0.05, 0) is 17.7 Å². The van der Waals surface area contributed by atoms with Crippen LogP contribution in [0.2, 0.25) is 0 Å². The molecule has 114 valence electrons. The van der Waals surface area contributed by atoms with Gasteiger partial charge in [-0.25, -0.2) is 0 Å². The summed E-state index contributed by atoms with van der Waals surface area (Å²) < 4.78 is 16.1. The number of hydrogen-bond donors (Lipinski definition) is 3. The predicted molar refractivity (Wildman–Crippen MR) is 75.4 cm³/mol. The molecule has 2 aromatic rings. The van der Waals surface area contributed by atoms with E-state index in [1.54, 1.807) is 12.1 Å². The summed E-state index contributed by atoms with van der Waals surface area (Å²) >= 11 is 0. The number of aliphatic hydroxyl groups is 1. The van der Waals surface area contributed by atoms with Crippen LogP contribution in [0.4, 0.5) is 0 Å². The van der Waals surface area contributed by atoms with Crippen molar-refractivity contribution < 1.29 is 29.5 Å². The third kappa shape index (κ3) is 1.92. The second-order valence-electron chi connectivity index (χ2n) is 5.51. The predicted octanol–water partition coefficient (Wildman–Crippen LogP) is 1.65. The van der Waals surface area contributed by atoms with Gasteiger partial charge in [-0.3, -0.25) is 0 Å². The highest BCUT2D eigenvalue weighted by Crippen LogP contribution is 2.45. The molecule has 1 atom stereocenters. The molecule has 2 aliphatic heterocycles. The van der Waals surface area contributed by atoms with Gasteiger partial charge in [-0.2, -0.15) is 0 Å². The molecule has 0 saturated heterocycles. The van der Waals surface area contributed by atoms with E-state index in [9.17, 15) is 15.3 Å². The van der Waals surface area contributed by atoms with E-state index < -0.39 is 5.60 Å². The minimum atomic E-state index is -1.38. The Morgan fingerprint density at radius 3 is 2.50 bits per heavy atom. The molecule has 0 bridgehead atoms. The lowest BCUT2D eigenvalue weighted by atomic mass is 9.85. The molecular weight excluding hydrogens is 288 g/mol. The number of benzene rings is 2. The Kier molecular flexibility index (Phi) is 2.65. The third-order valence-electron chi connectivity index (χ3n) is 3.99. The Labute approximate surface area is 126 Å². The molecule has 6 heteroatoms. The Morgan fingerprint density at radius 2 is 1.68 bits per heavy atom. The van der Waals surface area contributed by atoms with Crippen LogP contribution in [-0.2, 0) is 12.0 Å². The van der Waals surface area contributed by atoms with Crippen LogP contribution in [0.25, 0.3) is 0 Å². The minimum absolute atomic E-state index is 0.0311. The summed E-state index contributed by atoms with van der Waals surface area (Å²) in [5.41, 5.74) is -0.297. The van der Waals surface area contributed by atoms with Gasteiger partial charge < -0.3 is 29.5 Å². The molecule has 0 spiro atoms. The minimum Gasteiger partial charge on any atom is -0.508 e. The SMILES string of the molecule is Oc1ccc2c(c1)OC[C@](O)(c1cc3c(cc1O)OCO3)C2. The fraction of sp³-hybridized carbons (Fsp3) is 0.250. The van der Waals surface area contributed by atoms with Crippen molar-refractivity contribution in [1.29, 1.82) is 0 Å². The Hall–Kier alpha value is -2.60. The molecule has 2 heterocycles. The average Bonchev–Trinajstić information content (AvgIpc) is 2.94. The molecule has 22 heavy (non-hydrogen) atoms. The second kappa shape index (κ2) is 4.45. The summed E-state index contributed by atoms with van der Waals surface area (Å²) in [5.74, 6) is 1.50. The van der Waals surface area contributed by atoms with E-state index >= 15 is 0 Å². The van der Waals surface area contributed by atoms with Crippen molar-refractivity contribution in [2.24, 2.45) is 0 Å². The van der Waals surface area contributed by atoms with Crippen molar-refractivity contribution in [1.82, 2.24) is 0 Å². The van der Waals surface area contributed by atoms with Gasteiger partial charge in [0.1, 0.15) is 29.5 Å². The highest BCUT2D eigenvalue weighted by molar-refractivity contribution is 5.54. The molecule has 4 rings (SSSR count). The van der Waals surface area contributed by atoms with Crippen molar-refractivity contribution in [3.63, 3.8) is 0 Å². The molecule has 0 aromatic heterocycles. The molecule has 0 amide bonds. The van der Waals surface area contributed by atoms with Crippen molar-refractivity contribution in [2.45, 2.75) is 12.0 Å². The Morgan fingerprint density at radius 1 is 0.909 bits per heavy atom. The van der Waals surface area contributed by atoms with Gasteiger partial charge in [0.25, 0.3) is 0 Å². The van der Waals surface area contributed by atoms with E-state index in [4.69, 9.17) is 14.2 Å². The average molecular weight is 302 g/mol. The van der Waals surface area contributed by atoms with E-state index in [-0.39, 0.29) is 31.3 Å². The van der Waals surface area contributed by atoms with Crippen LogP contribution in [-0.4, -0.2) is 28.7 Å². The maximum Gasteiger partial charge on any atom is 0.231 e. The lowest BCUT2D eigenvalue weighted by Gasteiger charge is -2.34. The normalized spacial score (nSPS) is 22.0. The number of hydrogen-bond acceptors (Lipinski definition) is 6. The van der Waals surface area contributed by atoms with Crippen LogP contribution in [0.15, 0.2) is 30.3 Å². The van der Waals surface area contributed by atoms with E-state index in [0.29, 0.717) is 22.8 Å².